The molecule has 3 heteroatoms. The summed E-state index contributed by atoms with van der Waals surface area (Å²) in [6.07, 6.45) is 0. The number of fused-ring (bicyclic) bond motifs is 3. The van der Waals surface area contributed by atoms with Gasteiger partial charge >= 0.3 is 0 Å². The van der Waals surface area contributed by atoms with Gasteiger partial charge in [-0.25, -0.2) is 0 Å². The van der Waals surface area contributed by atoms with Crippen LogP contribution < -0.4 is 14.7 Å². The van der Waals surface area contributed by atoms with Crippen LogP contribution in [0.4, 0.5) is 17.1 Å². The molecular formula is C27H33N3. The first-order valence-electron chi connectivity index (χ1n) is 10.9. The molecule has 30 heavy (non-hydrogen) atoms. The van der Waals surface area contributed by atoms with E-state index in [9.17, 15) is 0 Å². The van der Waals surface area contributed by atoms with Crippen molar-refractivity contribution < 1.29 is 0 Å². The SMILES string of the molecule is CCN(CC)c1ccc(C2c3ccc(N(C)C)cc3-c3cc(N(C)C)ccc32)cc1. The molecule has 0 fully saturated rings. The Kier molecular flexibility index (Phi) is 5.46. The number of hydrogen-bond donors (Lipinski definition) is 0. The standard InChI is InChI=1S/C27H33N3/c1-7-30(8-2)20-11-9-19(10-12-20)27-23-15-13-21(28(3)4)17-25(23)26-18-22(29(5)6)14-16-24(26)27/h9-18,27H,7-8H2,1-6H3. The molecule has 3 aromatic rings. The zero-order chi connectivity index (χ0) is 21.4. The van der Waals surface area contributed by atoms with Crippen LogP contribution in [-0.4, -0.2) is 41.3 Å². The second kappa shape index (κ2) is 8.06. The quantitative estimate of drug-likeness (QED) is 0.404. The van der Waals surface area contributed by atoms with Crippen molar-refractivity contribution in [1.29, 1.82) is 0 Å². The molecule has 0 spiro atoms. The predicted molar refractivity (Wildman–Crippen MR) is 131 cm³/mol. The zero-order valence-corrected chi connectivity index (χ0v) is 19.1. The number of hydrogen-bond acceptors (Lipinski definition) is 3. The smallest absolute Gasteiger partial charge is 0.0367 e. The number of anilines is 3. The van der Waals surface area contributed by atoms with Gasteiger partial charge in [0.1, 0.15) is 0 Å². The average Bonchev–Trinajstić information content (AvgIpc) is 3.08. The highest BCUT2D eigenvalue weighted by Gasteiger charge is 2.30. The summed E-state index contributed by atoms with van der Waals surface area (Å²) in [5.74, 6) is 0.285. The normalized spacial score (nSPS) is 12.5. The lowest BCUT2D eigenvalue weighted by Gasteiger charge is -2.22. The van der Waals surface area contributed by atoms with E-state index in [1.54, 1.807) is 0 Å². The van der Waals surface area contributed by atoms with Gasteiger partial charge in [-0.2, -0.15) is 0 Å². The molecule has 0 radical (unpaired) electrons. The van der Waals surface area contributed by atoms with Gasteiger partial charge in [0.25, 0.3) is 0 Å². The molecular weight excluding hydrogens is 366 g/mol. The minimum atomic E-state index is 0.285. The van der Waals surface area contributed by atoms with Crippen molar-refractivity contribution in [1.82, 2.24) is 0 Å². The molecule has 0 aliphatic heterocycles. The Morgan fingerprint density at radius 3 is 1.43 bits per heavy atom. The fraction of sp³-hybridized carbons (Fsp3) is 0.333. The first-order valence-corrected chi connectivity index (χ1v) is 10.9. The first-order chi connectivity index (χ1) is 14.4. The van der Waals surface area contributed by atoms with Gasteiger partial charge in [0, 0.05) is 64.3 Å². The van der Waals surface area contributed by atoms with Gasteiger partial charge in [0.05, 0.1) is 0 Å². The summed E-state index contributed by atoms with van der Waals surface area (Å²) in [5, 5.41) is 0. The summed E-state index contributed by atoms with van der Waals surface area (Å²) in [6, 6.07) is 23.0. The molecule has 0 bridgehead atoms. The molecule has 3 aromatic carbocycles. The number of rotatable bonds is 6. The van der Waals surface area contributed by atoms with Crippen molar-refractivity contribution in [3.8, 4) is 11.1 Å². The highest BCUT2D eigenvalue weighted by atomic mass is 15.1. The van der Waals surface area contributed by atoms with Gasteiger partial charge in [-0.3, -0.25) is 0 Å². The maximum absolute atomic E-state index is 2.40. The van der Waals surface area contributed by atoms with Crippen LogP contribution >= 0.6 is 0 Å². The Bertz CT molecular complexity index is 973. The van der Waals surface area contributed by atoms with Crippen LogP contribution in [-0.2, 0) is 0 Å². The molecule has 1 aliphatic rings. The topological polar surface area (TPSA) is 9.72 Å². The van der Waals surface area contributed by atoms with Gasteiger partial charge in [-0.1, -0.05) is 24.3 Å². The molecule has 1 aliphatic carbocycles. The van der Waals surface area contributed by atoms with Crippen molar-refractivity contribution in [2.24, 2.45) is 0 Å². The van der Waals surface area contributed by atoms with E-state index < -0.39 is 0 Å². The summed E-state index contributed by atoms with van der Waals surface area (Å²) in [7, 11) is 8.43. The highest BCUT2D eigenvalue weighted by molar-refractivity contribution is 5.85. The van der Waals surface area contributed by atoms with Crippen LogP contribution in [0.2, 0.25) is 0 Å². The largest absolute Gasteiger partial charge is 0.378 e. The fourth-order valence-electron chi connectivity index (χ4n) is 4.61. The summed E-state index contributed by atoms with van der Waals surface area (Å²) >= 11 is 0. The van der Waals surface area contributed by atoms with Crippen LogP contribution in [0.5, 0.6) is 0 Å². The van der Waals surface area contributed by atoms with Crippen molar-refractivity contribution in [2.75, 3.05) is 56.0 Å². The lowest BCUT2D eigenvalue weighted by atomic mass is 9.89. The van der Waals surface area contributed by atoms with Gasteiger partial charge in [-0.05, 0) is 78.1 Å². The van der Waals surface area contributed by atoms with E-state index in [0.29, 0.717) is 0 Å². The second-order valence-electron chi connectivity index (χ2n) is 8.53. The number of benzene rings is 3. The van der Waals surface area contributed by atoms with E-state index in [0.717, 1.165) is 13.1 Å². The third-order valence-electron chi connectivity index (χ3n) is 6.37. The van der Waals surface area contributed by atoms with Crippen LogP contribution in [0.25, 0.3) is 11.1 Å². The van der Waals surface area contributed by atoms with Crippen LogP contribution in [0, 0.1) is 0 Å². The van der Waals surface area contributed by atoms with E-state index in [1.165, 1.54) is 44.9 Å². The van der Waals surface area contributed by atoms with Crippen molar-refractivity contribution >= 4 is 17.1 Å². The Balaban J connectivity index is 1.84. The molecule has 156 valence electrons. The Hall–Kier alpha value is -2.94. The first kappa shape index (κ1) is 20.3. The summed E-state index contributed by atoms with van der Waals surface area (Å²) in [4.78, 5) is 6.76. The summed E-state index contributed by atoms with van der Waals surface area (Å²) < 4.78 is 0. The third kappa shape index (κ3) is 3.43. The summed E-state index contributed by atoms with van der Waals surface area (Å²) in [6.45, 7) is 6.49. The minimum absolute atomic E-state index is 0.285. The van der Waals surface area contributed by atoms with Gasteiger partial charge in [0.2, 0.25) is 0 Å². The van der Waals surface area contributed by atoms with Gasteiger partial charge in [-0.15, -0.1) is 0 Å². The highest BCUT2D eigenvalue weighted by Crippen LogP contribution is 2.50. The lowest BCUT2D eigenvalue weighted by molar-refractivity contribution is 0.865. The molecule has 0 heterocycles. The minimum Gasteiger partial charge on any atom is -0.378 e. The van der Waals surface area contributed by atoms with Crippen molar-refractivity contribution in [3.63, 3.8) is 0 Å². The fourth-order valence-corrected chi connectivity index (χ4v) is 4.61. The van der Waals surface area contributed by atoms with E-state index in [-0.39, 0.29) is 5.92 Å². The maximum Gasteiger partial charge on any atom is 0.0367 e. The molecule has 3 nitrogen and oxygen atoms in total. The molecule has 0 aromatic heterocycles. The second-order valence-corrected chi connectivity index (χ2v) is 8.53. The Morgan fingerprint density at radius 2 is 1.03 bits per heavy atom. The van der Waals surface area contributed by atoms with Crippen molar-refractivity contribution in [3.05, 3.63) is 77.4 Å². The molecule has 0 N–H and O–H groups in total. The number of nitrogens with zero attached hydrogens (tertiary/aromatic N) is 3. The third-order valence-corrected chi connectivity index (χ3v) is 6.37. The van der Waals surface area contributed by atoms with Crippen LogP contribution in [0.3, 0.4) is 0 Å². The molecule has 0 amide bonds. The molecule has 4 rings (SSSR count). The van der Waals surface area contributed by atoms with Crippen LogP contribution in [0.1, 0.15) is 36.5 Å². The van der Waals surface area contributed by atoms with E-state index in [1.807, 2.05) is 0 Å². The molecule has 0 unspecified atom stereocenters. The monoisotopic (exact) mass is 399 g/mol. The molecule has 0 saturated heterocycles. The Labute approximate surface area is 181 Å². The van der Waals surface area contributed by atoms with Gasteiger partial charge in [0.15, 0.2) is 0 Å². The van der Waals surface area contributed by atoms with E-state index in [2.05, 4.69) is 117 Å². The average molecular weight is 400 g/mol. The Morgan fingerprint density at radius 1 is 0.600 bits per heavy atom. The van der Waals surface area contributed by atoms with E-state index >= 15 is 0 Å². The maximum atomic E-state index is 2.40. The lowest BCUT2D eigenvalue weighted by Crippen LogP contribution is -2.21. The van der Waals surface area contributed by atoms with Crippen molar-refractivity contribution in [2.45, 2.75) is 19.8 Å². The van der Waals surface area contributed by atoms with Gasteiger partial charge < -0.3 is 14.7 Å². The van der Waals surface area contributed by atoms with E-state index in [4.69, 9.17) is 0 Å². The van der Waals surface area contributed by atoms with Crippen LogP contribution in [0.15, 0.2) is 60.7 Å². The molecule has 0 saturated carbocycles. The summed E-state index contributed by atoms with van der Waals surface area (Å²) in [5.41, 5.74) is 10.7. The molecule has 0 atom stereocenters. The predicted octanol–water partition coefficient (Wildman–Crippen LogP) is 5.83. The zero-order valence-electron chi connectivity index (χ0n) is 19.1.